The first-order chi connectivity index (χ1) is 12.7. The molecule has 2 aromatic carbocycles. The highest BCUT2D eigenvalue weighted by atomic mass is 16.5. The molecule has 0 atom stereocenters. The van der Waals surface area contributed by atoms with Gasteiger partial charge in [0.15, 0.2) is 11.5 Å². The number of benzene rings is 2. The molecule has 0 fully saturated rings. The van der Waals surface area contributed by atoms with E-state index in [4.69, 9.17) is 9.15 Å². The van der Waals surface area contributed by atoms with Crippen LogP contribution in [0.2, 0.25) is 0 Å². The highest BCUT2D eigenvalue weighted by molar-refractivity contribution is 6.01. The average Bonchev–Trinajstić information content (AvgIpc) is 3.25. The number of hydrogen-bond acceptors (Lipinski definition) is 4. The Balaban J connectivity index is 1.94. The van der Waals surface area contributed by atoms with Gasteiger partial charge in [0.25, 0.3) is 0 Å². The largest absolute Gasteiger partial charge is 0.461 e. The van der Waals surface area contributed by atoms with Crippen LogP contribution in [0.5, 0.6) is 0 Å². The Morgan fingerprint density at radius 2 is 1.85 bits per heavy atom. The molecule has 0 saturated heterocycles. The fourth-order valence-electron chi connectivity index (χ4n) is 3.07. The number of hydrogen-bond donors (Lipinski definition) is 0. The summed E-state index contributed by atoms with van der Waals surface area (Å²) in [5, 5.41) is 0.997. The third-order valence-corrected chi connectivity index (χ3v) is 4.26. The second-order valence-corrected chi connectivity index (χ2v) is 5.95. The van der Waals surface area contributed by atoms with Crippen molar-refractivity contribution in [1.29, 1.82) is 0 Å². The topological polar surface area (TPSA) is 57.3 Å². The van der Waals surface area contributed by atoms with Crippen molar-refractivity contribution >= 4 is 16.9 Å². The second kappa shape index (κ2) is 6.52. The molecule has 26 heavy (non-hydrogen) atoms. The quantitative estimate of drug-likeness (QED) is 0.504. The van der Waals surface area contributed by atoms with Gasteiger partial charge in [0.1, 0.15) is 0 Å². The molecular formula is C21H18N2O3. The predicted octanol–water partition coefficient (Wildman–Crippen LogP) is 4.68. The lowest BCUT2D eigenvalue weighted by atomic mass is 10.1. The molecule has 5 nitrogen and oxygen atoms in total. The van der Waals surface area contributed by atoms with Gasteiger partial charge in [-0.1, -0.05) is 36.4 Å². The highest BCUT2D eigenvalue weighted by Gasteiger charge is 2.25. The summed E-state index contributed by atoms with van der Waals surface area (Å²) in [6.45, 7) is 2.05. The third-order valence-electron chi connectivity index (χ3n) is 4.26. The zero-order valence-corrected chi connectivity index (χ0v) is 14.6. The number of carbonyl (C=O) groups excluding carboxylic acids is 1. The second-order valence-electron chi connectivity index (χ2n) is 5.95. The lowest BCUT2D eigenvalue weighted by Gasteiger charge is -2.00. The van der Waals surface area contributed by atoms with Crippen LogP contribution in [0.15, 0.2) is 65.2 Å². The van der Waals surface area contributed by atoms with Gasteiger partial charge in [-0.25, -0.2) is 9.78 Å². The van der Waals surface area contributed by atoms with Gasteiger partial charge in [-0.15, -0.1) is 0 Å². The Labute approximate surface area is 150 Å². The maximum absolute atomic E-state index is 12.5. The minimum absolute atomic E-state index is 0.196. The smallest absolute Gasteiger partial charge is 0.361 e. The maximum atomic E-state index is 12.5. The van der Waals surface area contributed by atoms with Gasteiger partial charge in [-0.2, -0.15) is 0 Å². The molecule has 0 aliphatic rings. The zero-order valence-electron chi connectivity index (χ0n) is 14.6. The summed E-state index contributed by atoms with van der Waals surface area (Å²) in [6, 6.07) is 17.5. The van der Waals surface area contributed by atoms with Crippen LogP contribution in [0.1, 0.15) is 17.4 Å². The van der Waals surface area contributed by atoms with Crippen LogP contribution in [0.3, 0.4) is 0 Å². The number of rotatable bonds is 4. The molecule has 130 valence electrons. The molecule has 0 radical (unpaired) electrons. The Bertz CT molecular complexity index is 1080. The van der Waals surface area contributed by atoms with E-state index in [0.29, 0.717) is 11.7 Å². The van der Waals surface area contributed by atoms with Crippen LogP contribution in [-0.2, 0) is 11.8 Å². The minimum Gasteiger partial charge on any atom is -0.461 e. The summed E-state index contributed by atoms with van der Waals surface area (Å²) < 4.78 is 13.2. The van der Waals surface area contributed by atoms with Gasteiger partial charge < -0.3 is 13.7 Å². The van der Waals surface area contributed by atoms with E-state index in [9.17, 15) is 4.79 Å². The van der Waals surface area contributed by atoms with Gasteiger partial charge in [0, 0.05) is 35.3 Å². The van der Waals surface area contributed by atoms with Gasteiger partial charge in [-0.3, -0.25) is 0 Å². The first-order valence-electron chi connectivity index (χ1n) is 8.47. The molecule has 0 aliphatic carbocycles. The van der Waals surface area contributed by atoms with Crippen LogP contribution in [-0.4, -0.2) is 22.1 Å². The van der Waals surface area contributed by atoms with E-state index >= 15 is 0 Å². The third kappa shape index (κ3) is 2.67. The first-order valence-corrected chi connectivity index (χ1v) is 8.47. The zero-order chi connectivity index (χ0) is 18.1. The fourth-order valence-corrected chi connectivity index (χ4v) is 3.07. The van der Waals surface area contributed by atoms with Gasteiger partial charge in [-0.05, 0) is 25.1 Å². The van der Waals surface area contributed by atoms with Crippen molar-refractivity contribution in [3.8, 4) is 22.8 Å². The van der Waals surface area contributed by atoms with Crippen molar-refractivity contribution in [2.24, 2.45) is 7.05 Å². The molecular weight excluding hydrogens is 328 g/mol. The monoisotopic (exact) mass is 346 g/mol. The molecule has 0 amide bonds. The number of aryl methyl sites for hydroxylation is 1. The van der Waals surface area contributed by atoms with Crippen LogP contribution >= 0.6 is 0 Å². The van der Waals surface area contributed by atoms with Crippen LogP contribution in [0, 0.1) is 0 Å². The molecule has 0 spiro atoms. The molecule has 5 heteroatoms. The van der Waals surface area contributed by atoms with Crippen molar-refractivity contribution in [3.05, 3.63) is 66.5 Å². The number of aromatic nitrogens is 2. The number of fused-ring (bicyclic) bond motifs is 1. The summed E-state index contributed by atoms with van der Waals surface area (Å²) in [5.74, 6) is 0.344. The number of nitrogens with zero attached hydrogens (tertiary/aromatic N) is 2. The minimum atomic E-state index is -0.485. The SMILES string of the molecule is CCOC(=O)c1nc(-c2ccccc2)oc1-c1cn(C)c2ccccc12. The first kappa shape index (κ1) is 16.1. The molecule has 2 aromatic heterocycles. The summed E-state index contributed by atoms with van der Waals surface area (Å²) in [4.78, 5) is 16.9. The number of ether oxygens (including phenoxy) is 1. The van der Waals surface area contributed by atoms with E-state index in [1.165, 1.54) is 0 Å². The Kier molecular flexibility index (Phi) is 4.05. The number of oxazole rings is 1. The molecule has 4 aromatic rings. The normalized spacial score (nSPS) is 11.0. The standard InChI is InChI=1S/C21H18N2O3/c1-3-25-21(24)18-19(26-20(22-18)14-9-5-4-6-10-14)16-13-23(2)17-12-8-7-11-15(16)17/h4-13H,3H2,1-2H3. The Hall–Kier alpha value is -3.34. The van der Waals surface area contributed by atoms with Crippen molar-refractivity contribution in [1.82, 2.24) is 9.55 Å². The van der Waals surface area contributed by atoms with Crippen LogP contribution in [0.25, 0.3) is 33.7 Å². The van der Waals surface area contributed by atoms with Crippen LogP contribution < -0.4 is 0 Å². The molecule has 2 heterocycles. The molecule has 0 aliphatic heterocycles. The highest BCUT2D eigenvalue weighted by Crippen LogP contribution is 2.35. The summed E-state index contributed by atoms with van der Waals surface area (Å²) >= 11 is 0. The molecule has 0 bridgehead atoms. The van der Waals surface area contributed by atoms with E-state index in [2.05, 4.69) is 4.98 Å². The van der Waals surface area contributed by atoms with Crippen molar-refractivity contribution in [3.63, 3.8) is 0 Å². The van der Waals surface area contributed by atoms with Gasteiger partial charge in [0.05, 0.1) is 6.61 Å². The fraction of sp³-hybridized carbons (Fsp3) is 0.143. The molecule has 0 saturated carbocycles. The summed E-state index contributed by atoms with van der Waals surface area (Å²) in [7, 11) is 1.96. The molecule has 4 rings (SSSR count). The Morgan fingerprint density at radius 1 is 1.12 bits per heavy atom. The molecule has 0 unspecified atom stereocenters. The van der Waals surface area contributed by atoms with E-state index in [0.717, 1.165) is 22.0 Å². The molecule has 0 N–H and O–H groups in total. The number of para-hydroxylation sites is 1. The number of esters is 1. The van der Waals surface area contributed by atoms with Crippen molar-refractivity contribution in [2.45, 2.75) is 6.92 Å². The van der Waals surface area contributed by atoms with E-state index < -0.39 is 5.97 Å². The maximum Gasteiger partial charge on any atom is 0.361 e. The van der Waals surface area contributed by atoms with E-state index in [1.807, 2.05) is 72.4 Å². The lowest BCUT2D eigenvalue weighted by molar-refractivity contribution is 0.0520. The number of carbonyl (C=O) groups is 1. The van der Waals surface area contributed by atoms with Gasteiger partial charge in [0.2, 0.25) is 5.89 Å². The lowest BCUT2D eigenvalue weighted by Crippen LogP contribution is -2.06. The van der Waals surface area contributed by atoms with Gasteiger partial charge >= 0.3 is 5.97 Å². The van der Waals surface area contributed by atoms with E-state index in [-0.39, 0.29) is 12.3 Å². The summed E-state index contributed by atoms with van der Waals surface area (Å²) in [6.07, 6.45) is 1.95. The van der Waals surface area contributed by atoms with Crippen molar-refractivity contribution < 1.29 is 13.9 Å². The van der Waals surface area contributed by atoms with E-state index in [1.54, 1.807) is 6.92 Å². The Morgan fingerprint density at radius 3 is 2.62 bits per heavy atom. The van der Waals surface area contributed by atoms with Crippen molar-refractivity contribution in [2.75, 3.05) is 6.61 Å². The average molecular weight is 346 g/mol. The summed E-state index contributed by atoms with van der Waals surface area (Å²) in [5.41, 5.74) is 2.88. The van der Waals surface area contributed by atoms with Crippen LogP contribution in [0.4, 0.5) is 0 Å². The predicted molar refractivity (Wildman–Crippen MR) is 99.8 cm³/mol.